The fraction of sp³-hybridized carbons (Fsp3) is 0.103. The highest BCUT2D eigenvalue weighted by molar-refractivity contribution is 9.11. The summed E-state index contributed by atoms with van der Waals surface area (Å²) < 4.78 is 7.56. The lowest BCUT2D eigenvalue weighted by molar-refractivity contribution is -0.112. The smallest absolute Gasteiger partial charge is 0.266 e. The monoisotopic (exact) mass is 588 g/mol. The molecule has 0 unspecified atom stereocenters. The largest absolute Gasteiger partial charge is 0.487 e. The second kappa shape index (κ2) is 11.4. The van der Waals surface area contributed by atoms with Gasteiger partial charge in [-0.1, -0.05) is 61.5 Å². The number of benzene rings is 4. The molecular formula is C29H22Br2N2O2. The predicted molar refractivity (Wildman–Crippen MR) is 148 cm³/mol. The second-order valence-corrected chi connectivity index (χ2v) is 9.62. The van der Waals surface area contributed by atoms with Crippen molar-refractivity contribution < 1.29 is 9.53 Å². The Hall–Kier alpha value is -3.40. The number of amides is 1. The maximum absolute atomic E-state index is 12.7. The summed E-state index contributed by atoms with van der Waals surface area (Å²) in [5.74, 6) is 0.189. The Morgan fingerprint density at radius 3 is 2.37 bits per heavy atom. The van der Waals surface area contributed by atoms with Crippen LogP contribution in [0.4, 0.5) is 5.69 Å². The highest BCUT2D eigenvalue weighted by Crippen LogP contribution is 2.36. The van der Waals surface area contributed by atoms with Crippen molar-refractivity contribution in [3.63, 3.8) is 0 Å². The molecule has 4 aromatic carbocycles. The Morgan fingerprint density at radius 1 is 1.00 bits per heavy atom. The van der Waals surface area contributed by atoms with Crippen LogP contribution in [0.15, 0.2) is 93.4 Å². The van der Waals surface area contributed by atoms with Crippen LogP contribution >= 0.6 is 31.9 Å². The average molecular weight is 590 g/mol. The van der Waals surface area contributed by atoms with Gasteiger partial charge in [0.25, 0.3) is 5.91 Å². The van der Waals surface area contributed by atoms with Gasteiger partial charge in [0.2, 0.25) is 0 Å². The van der Waals surface area contributed by atoms with E-state index in [1.54, 1.807) is 6.08 Å². The number of nitriles is 1. The number of halogens is 2. The van der Waals surface area contributed by atoms with Gasteiger partial charge in [-0.2, -0.15) is 5.26 Å². The summed E-state index contributed by atoms with van der Waals surface area (Å²) in [5.41, 5.74) is 3.60. The first-order chi connectivity index (χ1) is 17.0. The highest BCUT2D eigenvalue weighted by Gasteiger charge is 2.13. The molecule has 0 fully saturated rings. The molecule has 4 rings (SSSR count). The number of nitrogens with zero attached hydrogens (tertiary/aromatic N) is 1. The molecule has 174 valence electrons. The van der Waals surface area contributed by atoms with Gasteiger partial charge in [0.15, 0.2) is 0 Å². The predicted octanol–water partition coefficient (Wildman–Crippen LogP) is 8.05. The molecule has 0 atom stereocenters. The molecule has 0 spiro atoms. The first kappa shape index (κ1) is 24.7. The molecule has 1 N–H and O–H groups in total. The molecule has 4 nitrogen and oxygen atoms in total. The fourth-order valence-corrected chi connectivity index (χ4v) is 5.16. The number of rotatable bonds is 7. The van der Waals surface area contributed by atoms with Crippen molar-refractivity contribution in [2.45, 2.75) is 20.0 Å². The molecular weight excluding hydrogens is 568 g/mol. The SMILES string of the molecule is CCc1ccc(NC(=O)/C(C#N)=C/c2cc(Br)c(OCc3cccc4ccccc34)c(Br)c2)cc1. The molecule has 0 heterocycles. The molecule has 0 bridgehead atoms. The molecule has 1 amide bonds. The maximum Gasteiger partial charge on any atom is 0.266 e. The molecule has 6 heteroatoms. The lowest BCUT2D eigenvalue weighted by Crippen LogP contribution is -2.13. The summed E-state index contributed by atoms with van der Waals surface area (Å²) in [7, 11) is 0. The fourth-order valence-electron chi connectivity index (χ4n) is 3.71. The summed E-state index contributed by atoms with van der Waals surface area (Å²) in [5, 5.41) is 14.7. The molecule has 0 aliphatic heterocycles. The third kappa shape index (κ3) is 6.00. The van der Waals surface area contributed by atoms with Crippen molar-refractivity contribution >= 4 is 60.3 Å². The number of anilines is 1. The average Bonchev–Trinajstić information content (AvgIpc) is 2.87. The molecule has 4 aromatic rings. The molecule has 0 saturated heterocycles. The Balaban J connectivity index is 1.51. The normalized spacial score (nSPS) is 11.2. The number of hydrogen-bond donors (Lipinski definition) is 1. The van der Waals surface area contributed by atoms with E-state index in [4.69, 9.17) is 4.74 Å². The number of carbonyl (C=O) groups excluding carboxylic acids is 1. The van der Waals surface area contributed by atoms with E-state index in [2.05, 4.69) is 68.4 Å². The minimum atomic E-state index is -0.458. The van der Waals surface area contributed by atoms with Crippen molar-refractivity contribution in [3.05, 3.63) is 110 Å². The minimum absolute atomic E-state index is 0.00721. The molecule has 0 aliphatic carbocycles. The third-order valence-corrected chi connectivity index (χ3v) is 6.75. The van der Waals surface area contributed by atoms with Gasteiger partial charge in [0, 0.05) is 5.69 Å². The first-order valence-corrected chi connectivity index (χ1v) is 12.7. The quantitative estimate of drug-likeness (QED) is 0.175. The van der Waals surface area contributed by atoms with E-state index in [0.29, 0.717) is 32.6 Å². The van der Waals surface area contributed by atoms with Crippen LogP contribution in [0.5, 0.6) is 5.75 Å². The zero-order valence-corrected chi connectivity index (χ0v) is 22.2. The van der Waals surface area contributed by atoms with Gasteiger partial charge in [0.05, 0.1) is 8.95 Å². The van der Waals surface area contributed by atoms with Crippen LogP contribution in [-0.2, 0) is 17.8 Å². The zero-order valence-electron chi connectivity index (χ0n) is 19.0. The van der Waals surface area contributed by atoms with Crippen molar-refractivity contribution in [1.29, 1.82) is 5.26 Å². The molecule has 0 saturated carbocycles. The zero-order chi connectivity index (χ0) is 24.8. The van der Waals surface area contributed by atoms with Crippen LogP contribution in [-0.4, -0.2) is 5.91 Å². The topological polar surface area (TPSA) is 62.1 Å². The summed E-state index contributed by atoms with van der Waals surface area (Å²) in [6.45, 7) is 2.47. The van der Waals surface area contributed by atoms with Gasteiger partial charge in [0.1, 0.15) is 24.0 Å². The number of ether oxygens (including phenoxy) is 1. The summed E-state index contributed by atoms with van der Waals surface area (Å²) in [4.78, 5) is 12.7. The molecule has 0 aliphatic rings. The van der Waals surface area contributed by atoms with E-state index in [9.17, 15) is 10.1 Å². The third-order valence-electron chi connectivity index (χ3n) is 5.57. The van der Waals surface area contributed by atoms with Gasteiger partial charge >= 0.3 is 0 Å². The van der Waals surface area contributed by atoms with Crippen molar-refractivity contribution in [3.8, 4) is 11.8 Å². The van der Waals surface area contributed by atoms with Crippen molar-refractivity contribution in [2.75, 3.05) is 5.32 Å². The molecule has 0 radical (unpaired) electrons. The van der Waals surface area contributed by atoms with Gasteiger partial charge in [-0.05, 0) is 96.1 Å². The molecule has 0 aromatic heterocycles. The Bertz CT molecular complexity index is 1430. The van der Waals surface area contributed by atoms with Crippen LogP contribution in [0.1, 0.15) is 23.6 Å². The summed E-state index contributed by atoms with van der Waals surface area (Å²) in [6, 6.07) is 27.6. The second-order valence-electron chi connectivity index (χ2n) is 7.92. The van der Waals surface area contributed by atoms with E-state index in [1.165, 1.54) is 5.56 Å². The van der Waals surface area contributed by atoms with E-state index < -0.39 is 5.91 Å². The Morgan fingerprint density at radius 2 is 1.69 bits per heavy atom. The minimum Gasteiger partial charge on any atom is -0.487 e. The maximum atomic E-state index is 12.7. The van der Waals surface area contributed by atoms with E-state index >= 15 is 0 Å². The Kier molecular flexibility index (Phi) is 8.02. The number of nitrogens with one attached hydrogen (secondary N) is 1. The van der Waals surface area contributed by atoms with Crippen molar-refractivity contribution in [1.82, 2.24) is 0 Å². The Labute approximate surface area is 221 Å². The summed E-state index contributed by atoms with van der Waals surface area (Å²) >= 11 is 7.14. The van der Waals surface area contributed by atoms with Gasteiger partial charge in [-0.3, -0.25) is 4.79 Å². The highest BCUT2D eigenvalue weighted by atomic mass is 79.9. The number of carbonyl (C=O) groups is 1. The van der Waals surface area contributed by atoms with Gasteiger partial charge in [-0.15, -0.1) is 0 Å². The summed E-state index contributed by atoms with van der Waals surface area (Å²) in [6.07, 6.45) is 2.47. The standard InChI is InChI=1S/C29H22Br2N2O2/c1-2-19-10-12-24(13-11-19)33-29(34)23(17-32)14-20-15-26(30)28(27(31)16-20)35-18-22-8-5-7-21-6-3-4-9-25(21)22/h3-16H,2,18H2,1H3,(H,33,34)/b23-14+. The number of hydrogen-bond acceptors (Lipinski definition) is 3. The van der Waals surface area contributed by atoms with E-state index in [-0.39, 0.29) is 5.57 Å². The number of fused-ring (bicyclic) bond motifs is 1. The first-order valence-electron chi connectivity index (χ1n) is 11.1. The van der Waals surface area contributed by atoms with Crippen LogP contribution in [0.3, 0.4) is 0 Å². The van der Waals surface area contributed by atoms with Crippen LogP contribution in [0.2, 0.25) is 0 Å². The lowest BCUT2D eigenvalue weighted by atomic mass is 10.1. The van der Waals surface area contributed by atoms with Crippen LogP contribution in [0, 0.1) is 11.3 Å². The van der Waals surface area contributed by atoms with Crippen molar-refractivity contribution in [2.24, 2.45) is 0 Å². The number of aryl methyl sites for hydroxylation is 1. The molecule has 35 heavy (non-hydrogen) atoms. The van der Waals surface area contributed by atoms with E-state index in [0.717, 1.165) is 22.8 Å². The van der Waals surface area contributed by atoms with E-state index in [1.807, 2.05) is 60.7 Å². The lowest BCUT2D eigenvalue weighted by Gasteiger charge is -2.13. The van der Waals surface area contributed by atoms with Crippen LogP contribution in [0.25, 0.3) is 16.8 Å². The van der Waals surface area contributed by atoms with Crippen LogP contribution < -0.4 is 10.1 Å². The van der Waals surface area contributed by atoms with Gasteiger partial charge < -0.3 is 10.1 Å². The van der Waals surface area contributed by atoms with Gasteiger partial charge in [-0.25, -0.2) is 0 Å².